The van der Waals surface area contributed by atoms with Crippen molar-refractivity contribution in [1.82, 2.24) is 15.2 Å². The van der Waals surface area contributed by atoms with Gasteiger partial charge in [0.1, 0.15) is 0 Å². The first-order chi connectivity index (χ1) is 7.33. The van der Waals surface area contributed by atoms with Crippen molar-refractivity contribution in [3.8, 4) is 0 Å². The summed E-state index contributed by atoms with van der Waals surface area (Å²) >= 11 is 0. The van der Waals surface area contributed by atoms with Crippen LogP contribution in [0.25, 0.3) is 0 Å². The van der Waals surface area contributed by atoms with E-state index in [1.807, 2.05) is 0 Å². The van der Waals surface area contributed by atoms with Crippen LogP contribution >= 0.6 is 7.60 Å². The molecule has 0 radical (unpaired) electrons. The van der Waals surface area contributed by atoms with Gasteiger partial charge in [0.15, 0.2) is 0 Å². The van der Waals surface area contributed by atoms with Crippen LogP contribution in [0.5, 0.6) is 0 Å². The molecule has 0 unspecified atom stereocenters. The summed E-state index contributed by atoms with van der Waals surface area (Å²) in [5.41, 5.74) is 5.39. The zero-order valence-corrected chi connectivity index (χ0v) is 10.7. The summed E-state index contributed by atoms with van der Waals surface area (Å²) in [6.45, 7) is 7.04. The average molecular weight is 248 g/mol. The highest BCUT2D eigenvalue weighted by Crippen LogP contribution is 2.48. The number of H-pyrrole nitrogens is 1. The molecule has 8 heteroatoms. The molecule has 1 rings (SSSR count). The maximum Gasteiger partial charge on any atom is 0.398 e. The zero-order valence-electron chi connectivity index (χ0n) is 9.80. The van der Waals surface area contributed by atoms with Gasteiger partial charge in [0.25, 0.3) is 0 Å². The lowest BCUT2D eigenvalue weighted by atomic mass is 10.5. The molecule has 0 fully saturated rings. The van der Waals surface area contributed by atoms with Gasteiger partial charge in [-0.3, -0.25) is 9.66 Å². The summed E-state index contributed by atoms with van der Waals surface area (Å²) in [6.07, 6.45) is -0.508. The lowest BCUT2D eigenvalue weighted by molar-refractivity contribution is 0.149. The molecule has 1 heterocycles. The van der Waals surface area contributed by atoms with Crippen LogP contribution in [-0.4, -0.2) is 27.4 Å². The molecular formula is C8H17N4O3P. The normalized spacial score (nSPS) is 12.6. The number of nitrogens with one attached hydrogen (secondary N) is 1. The van der Waals surface area contributed by atoms with Crippen molar-refractivity contribution >= 4 is 19.1 Å². The van der Waals surface area contributed by atoms with Gasteiger partial charge in [0.05, 0.1) is 12.2 Å². The molecule has 1 aromatic rings. The maximum absolute atomic E-state index is 12.4. The van der Waals surface area contributed by atoms with Gasteiger partial charge in [-0.25, -0.2) is 0 Å². The minimum atomic E-state index is -3.47. The predicted octanol–water partition coefficient (Wildman–Crippen LogP) is 1.06. The lowest BCUT2D eigenvalue weighted by Crippen LogP contribution is -2.19. The van der Waals surface area contributed by atoms with Gasteiger partial charge in [-0.1, -0.05) is 0 Å². The Bertz CT molecular complexity index is 376. The first-order valence-electron chi connectivity index (χ1n) is 4.99. The fourth-order valence-electron chi connectivity index (χ4n) is 1.07. The molecule has 0 aliphatic carbocycles. The molecule has 1 aromatic heterocycles. The van der Waals surface area contributed by atoms with E-state index in [1.54, 1.807) is 27.7 Å². The molecule has 0 aliphatic rings. The number of nitrogen functional groups attached to an aromatic ring is 1. The Morgan fingerprint density at radius 3 is 2.06 bits per heavy atom. The SMILES string of the molecule is CC(C)OP(=O)(OC(C)C)c1nc(N)n[nH]1. The molecule has 0 atom stereocenters. The molecule has 16 heavy (non-hydrogen) atoms. The second-order valence-electron chi connectivity index (χ2n) is 3.82. The summed E-state index contributed by atoms with van der Waals surface area (Å²) < 4.78 is 23.0. The van der Waals surface area contributed by atoms with E-state index in [0.717, 1.165) is 0 Å². The van der Waals surface area contributed by atoms with Crippen molar-refractivity contribution in [3.63, 3.8) is 0 Å². The third kappa shape index (κ3) is 3.30. The Morgan fingerprint density at radius 1 is 1.25 bits per heavy atom. The minimum Gasteiger partial charge on any atom is -0.366 e. The number of rotatable bonds is 5. The highest BCUT2D eigenvalue weighted by molar-refractivity contribution is 7.61. The quantitative estimate of drug-likeness (QED) is 0.755. The predicted molar refractivity (Wildman–Crippen MR) is 60.5 cm³/mol. The number of aromatic nitrogens is 3. The van der Waals surface area contributed by atoms with Crippen molar-refractivity contribution in [2.45, 2.75) is 39.9 Å². The molecule has 0 amide bonds. The Hall–Kier alpha value is -0.910. The van der Waals surface area contributed by atoms with Crippen LogP contribution in [0.3, 0.4) is 0 Å². The highest BCUT2D eigenvalue weighted by Gasteiger charge is 2.34. The second-order valence-corrected chi connectivity index (χ2v) is 5.66. The van der Waals surface area contributed by atoms with E-state index >= 15 is 0 Å². The summed E-state index contributed by atoms with van der Waals surface area (Å²) in [7, 11) is -3.47. The second kappa shape index (κ2) is 4.95. The Morgan fingerprint density at radius 2 is 1.75 bits per heavy atom. The molecule has 7 nitrogen and oxygen atoms in total. The first kappa shape index (κ1) is 13.2. The smallest absolute Gasteiger partial charge is 0.366 e. The first-order valence-corrected chi connectivity index (χ1v) is 6.53. The molecule has 0 saturated heterocycles. The highest BCUT2D eigenvalue weighted by atomic mass is 31.2. The fraction of sp³-hybridized carbons (Fsp3) is 0.750. The molecule has 0 bridgehead atoms. The summed E-state index contributed by atoms with van der Waals surface area (Å²) in [4.78, 5) is 3.79. The molecular weight excluding hydrogens is 231 g/mol. The van der Waals surface area contributed by atoms with Crippen molar-refractivity contribution < 1.29 is 13.6 Å². The van der Waals surface area contributed by atoms with Crippen molar-refractivity contribution in [2.75, 3.05) is 5.73 Å². The number of aromatic amines is 1. The van der Waals surface area contributed by atoms with Gasteiger partial charge in [-0.2, -0.15) is 4.98 Å². The van der Waals surface area contributed by atoms with Gasteiger partial charge >= 0.3 is 7.60 Å². The number of anilines is 1. The number of hydrogen-bond donors (Lipinski definition) is 2. The Kier molecular flexibility index (Phi) is 4.07. The number of hydrogen-bond acceptors (Lipinski definition) is 6. The Balaban J connectivity index is 2.99. The lowest BCUT2D eigenvalue weighted by Gasteiger charge is -2.20. The maximum atomic E-state index is 12.4. The number of nitrogens with two attached hydrogens (primary N) is 1. The van der Waals surface area contributed by atoms with E-state index in [-0.39, 0.29) is 23.7 Å². The zero-order chi connectivity index (χ0) is 12.3. The van der Waals surface area contributed by atoms with Crippen molar-refractivity contribution in [3.05, 3.63) is 0 Å². The topological polar surface area (TPSA) is 103 Å². The van der Waals surface area contributed by atoms with Crippen LogP contribution < -0.4 is 11.3 Å². The summed E-state index contributed by atoms with van der Waals surface area (Å²) in [5.74, 6) is 0.00920. The van der Waals surface area contributed by atoms with Crippen LogP contribution in [0, 0.1) is 0 Å². The van der Waals surface area contributed by atoms with E-state index in [1.165, 1.54) is 0 Å². The van der Waals surface area contributed by atoms with Crippen LogP contribution in [0.4, 0.5) is 5.95 Å². The van der Waals surface area contributed by atoms with Crippen molar-refractivity contribution in [1.29, 1.82) is 0 Å². The van der Waals surface area contributed by atoms with Gasteiger partial charge in [0.2, 0.25) is 11.5 Å². The third-order valence-corrected chi connectivity index (χ3v) is 3.57. The van der Waals surface area contributed by atoms with Crippen LogP contribution in [0.1, 0.15) is 27.7 Å². The van der Waals surface area contributed by atoms with Crippen LogP contribution in [0.2, 0.25) is 0 Å². The van der Waals surface area contributed by atoms with Gasteiger partial charge < -0.3 is 14.8 Å². The number of nitrogens with zero attached hydrogens (tertiary/aromatic N) is 2. The van der Waals surface area contributed by atoms with E-state index in [2.05, 4.69) is 15.2 Å². The van der Waals surface area contributed by atoms with Crippen molar-refractivity contribution in [2.24, 2.45) is 0 Å². The Labute approximate surface area is 94.3 Å². The van der Waals surface area contributed by atoms with E-state index in [0.29, 0.717) is 0 Å². The standard InChI is InChI=1S/C8H17N4O3P/c1-5(2)14-16(13,15-6(3)4)8-10-7(9)11-12-8/h5-6H,1-4H3,(H3,9,10,11,12). The monoisotopic (exact) mass is 248 g/mol. The van der Waals surface area contributed by atoms with Gasteiger partial charge in [-0.15, -0.1) is 5.10 Å². The molecule has 0 aromatic carbocycles. The van der Waals surface area contributed by atoms with Crippen LogP contribution in [0.15, 0.2) is 0 Å². The molecule has 92 valence electrons. The molecule has 0 aliphatic heterocycles. The third-order valence-electron chi connectivity index (χ3n) is 1.45. The van der Waals surface area contributed by atoms with E-state index in [9.17, 15) is 4.57 Å². The average Bonchev–Trinajstić information content (AvgIpc) is 2.48. The van der Waals surface area contributed by atoms with E-state index < -0.39 is 7.60 Å². The molecule has 0 spiro atoms. The summed E-state index contributed by atoms with van der Waals surface area (Å²) in [5, 5.41) is 6.06. The fourth-order valence-corrected chi connectivity index (χ4v) is 2.82. The molecule has 3 N–H and O–H groups in total. The largest absolute Gasteiger partial charge is 0.398 e. The molecule has 0 saturated carbocycles. The van der Waals surface area contributed by atoms with E-state index in [4.69, 9.17) is 14.8 Å². The van der Waals surface area contributed by atoms with Gasteiger partial charge in [-0.05, 0) is 27.7 Å². The van der Waals surface area contributed by atoms with Gasteiger partial charge in [0, 0.05) is 0 Å². The summed E-state index contributed by atoms with van der Waals surface area (Å²) in [6, 6.07) is 0. The van der Waals surface area contributed by atoms with Crippen LogP contribution in [-0.2, 0) is 13.6 Å². The minimum absolute atomic E-state index is 0.00920.